The van der Waals surface area contributed by atoms with Crippen LogP contribution in [0.15, 0.2) is 24.3 Å². The van der Waals surface area contributed by atoms with Gasteiger partial charge in [0.15, 0.2) is 0 Å². The zero-order valence-corrected chi connectivity index (χ0v) is 15.6. The second-order valence-corrected chi connectivity index (χ2v) is 6.04. The molecule has 0 saturated heterocycles. The molecule has 0 atom stereocenters. The van der Waals surface area contributed by atoms with Crippen LogP contribution in [0.2, 0.25) is 0 Å². The zero-order chi connectivity index (χ0) is 17.9. The van der Waals surface area contributed by atoms with Crippen LogP contribution in [0.3, 0.4) is 0 Å². The summed E-state index contributed by atoms with van der Waals surface area (Å²) in [6.07, 6.45) is 17.4. The summed E-state index contributed by atoms with van der Waals surface area (Å²) in [7, 11) is 0. The average molecular weight is 337 g/mol. The van der Waals surface area contributed by atoms with E-state index in [0.717, 1.165) is 64.5 Å². The van der Waals surface area contributed by atoms with Crippen LogP contribution >= 0.6 is 0 Å². The number of rotatable bonds is 15. The molecule has 4 nitrogen and oxygen atoms in total. The standard InChI is InChI=1S/C20H36N2O2/c1-3-5-7-9-13-17-21-19(23)15-11-12-16-20(24)22-18-14-10-8-6-4-2/h3-6H,7-18H2,1-2H3,(H,21,23)(H,22,24)/b5-3+,6-4+. The van der Waals surface area contributed by atoms with Gasteiger partial charge in [-0.2, -0.15) is 0 Å². The summed E-state index contributed by atoms with van der Waals surface area (Å²) in [5.74, 6) is 0.204. The van der Waals surface area contributed by atoms with E-state index in [9.17, 15) is 9.59 Å². The quantitative estimate of drug-likeness (QED) is 0.346. The maximum atomic E-state index is 11.6. The van der Waals surface area contributed by atoms with Gasteiger partial charge in [0.2, 0.25) is 11.8 Å². The Kier molecular flexibility index (Phi) is 16.6. The first kappa shape index (κ1) is 22.4. The fourth-order valence-electron chi connectivity index (χ4n) is 2.31. The Morgan fingerprint density at radius 2 is 1.08 bits per heavy atom. The van der Waals surface area contributed by atoms with Gasteiger partial charge in [0.25, 0.3) is 0 Å². The van der Waals surface area contributed by atoms with Gasteiger partial charge in [-0.25, -0.2) is 0 Å². The number of allylic oxidation sites excluding steroid dienone is 4. The lowest BCUT2D eigenvalue weighted by molar-refractivity contribution is -0.123. The van der Waals surface area contributed by atoms with Crippen molar-refractivity contribution in [2.75, 3.05) is 13.1 Å². The van der Waals surface area contributed by atoms with Crippen molar-refractivity contribution < 1.29 is 9.59 Å². The van der Waals surface area contributed by atoms with Crippen LogP contribution in [-0.2, 0) is 9.59 Å². The Morgan fingerprint density at radius 1 is 0.667 bits per heavy atom. The molecule has 2 amide bonds. The van der Waals surface area contributed by atoms with Crippen molar-refractivity contribution in [3.8, 4) is 0 Å². The molecule has 24 heavy (non-hydrogen) atoms. The summed E-state index contributed by atoms with van der Waals surface area (Å²) in [5.41, 5.74) is 0. The Bertz CT molecular complexity index is 340. The fourth-order valence-corrected chi connectivity index (χ4v) is 2.31. The first-order chi connectivity index (χ1) is 11.7. The molecule has 4 heteroatoms. The minimum absolute atomic E-state index is 0.102. The van der Waals surface area contributed by atoms with Crippen molar-refractivity contribution in [3.63, 3.8) is 0 Å². The molecule has 0 heterocycles. The van der Waals surface area contributed by atoms with Gasteiger partial charge in [-0.1, -0.05) is 24.3 Å². The summed E-state index contributed by atoms with van der Waals surface area (Å²) < 4.78 is 0. The van der Waals surface area contributed by atoms with E-state index in [1.54, 1.807) is 0 Å². The molecule has 0 saturated carbocycles. The van der Waals surface area contributed by atoms with Gasteiger partial charge in [-0.05, 0) is 65.2 Å². The number of hydrogen-bond donors (Lipinski definition) is 2. The predicted molar refractivity (Wildman–Crippen MR) is 102 cm³/mol. The molecule has 0 rings (SSSR count). The molecular formula is C20H36N2O2. The van der Waals surface area contributed by atoms with E-state index in [0.29, 0.717) is 12.8 Å². The molecule has 0 fully saturated rings. The lowest BCUT2D eigenvalue weighted by Gasteiger charge is -2.06. The topological polar surface area (TPSA) is 58.2 Å². The molecule has 0 unspecified atom stereocenters. The number of nitrogens with one attached hydrogen (secondary N) is 2. The molecule has 0 bridgehead atoms. The highest BCUT2D eigenvalue weighted by molar-refractivity contribution is 5.77. The van der Waals surface area contributed by atoms with E-state index < -0.39 is 0 Å². The second kappa shape index (κ2) is 17.8. The van der Waals surface area contributed by atoms with Crippen LogP contribution in [0.5, 0.6) is 0 Å². The van der Waals surface area contributed by atoms with Crippen LogP contribution in [0.1, 0.15) is 78.1 Å². The molecule has 0 aliphatic carbocycles. The minimum atomic E-state index is 0.102. The fraction of sp³-hybridized carbons (Fsp3) is 0.700. The molecule has 0 spiro atoms. The maximum Gasteiger partial charge on any atom is 0.219 e. The minimum Gasteiger partial charge on any atom is -0.356 e. The third-order valence-electron chi connectivity index (χ3n) is 3.77. The molecule has 0 aliphatic rings. The van der Waals surface area contributed by atoms with Crippen LogP contribution in [-0.4, -0.2) is 24.9 Å². The van der Waals surface area contributed by atoms with Gasteiger partial charge in [-0.15, -0.1) is 0 Å². The van der Waals surface area contributed by atoms with Gasteiger partial charge in [-0.3, -0.25) is 9.59 Å². The average Bonchev–Trinajstić information content (AvgIpc) is 2.58. The smallest absolute Gasteiger partial charge is 0.219 e. The Labute approximate surface area is 148 Å². The third kappa shape index (κ3) is 16.8. The predicted octanol–water partition coefficient (Wildman–Crippen LogP) is 4.27. The number of amides is 2. The van der Waals surface area contributed by atoms with E-state index in [4.69, 9.17) is 0 Å². The normalized spacial score (nSPS) is 11.2. The first-order valence-electron chi connectivity index (χ1n) is 9.46. The van der Waals surface area contributed by atoms with Crippen LogP contribution in [0.25, 0.3) is 0 Å². The summed E-state index contributed by atoms with van der Waals surface area (Å²) in [6.45, 7) is 5.55. The largest absolute Gasteiger partial charge is 0.356 e. The van der Waals surface area contributed by atoms with Gasteiger partial charge >= 0.3 is 0 Å². The number of carbonyl (C=O) groups is 2. The maximum absolute atomic E-state index is 11.6. The Hall–Kier alpha value is -1.58. The third-order valence-corrected chi connectivity index (χ3v) is 3.77. The monoisotopic (exact) mass is 336 g/mol. The molecular weight excluding hydrogens is 300 g/mol. The highest BCUT2D eigenvalue weighted by Gasteiger charge is 2.03. The van der Waals surface area contributed by atoms with Crippen molar-refractivity contribution >= 4 is 11.8 Å². The first-order valence-corrected chi connectivity index (χ1v) is 9.46. The van der Waals surface area contributed by atoms with Crippen molar-refractivity contribution in [2.24, 2.45) is 0 Å². The summed E-state index contributed by atoms with van der Waals surface area (Å²) in [6, 6.07) is 0. The van der Waals surface area contributed by atoms with E-state index in [2.05, 4.69) is 34.9 Å². The lowest BCUT2D eigenvalue weighted by Crippen LogP contribution is -2.25. The molecule has 2 N–H and O–H groups in total. The highest BCUT2D eigenvalue weighted by atomic mass is 16.2. The van der Waals surface area contributed by atoms with Crippen LogP contribution in [0.4, 0.5) is 0 Å². The van der Waals surface area contributed by atoms with Crippen molar-refractivity contribution in [1.29, 1.82) is 0 Å². The molecule has 0 aliphatic heterocycles. The van der Waals surface area contributed by atoms with Gasteiger partial charge < -0.3 is 10.6 Å². The Morgan fingerprint density at radius 3 is 1.46 bits per heavy atom. The molecule has 138 valence electrons. The van der Waals surface area contributed by atoms with Crippen molar-refractivity contribution in [1.82, 2.24) is 10.6 Å². The summed E-state index contributed by atoms with van der Waals surface area (Å²) in [4.78, 5) is 23.3. The van der Waals surface area contributed by atoms with Gasteiger partial charge in [0.05, 0.1) is 0 Å². The molecule has 0 aromatic carbocycles. The number of carbonyl (C=O) groups excluding carboxylic acids is 2. The molecule has 0 aromatic rings. The van der Waals surface area contributed by atoms with Crippen molar-refractivity contribution in [3.05, 3.63) is 24.3 Å². The number of unbranched alkanes of at least 4 members (excludes halogenated alkanes) is 5. The number of hydrogen-bond acceptors (Lipinski definition) is 2. The summed E-state index contributed by atoms with van der Waals surface area (Å²) in [5, 5.41) is 5.87. The SMILES string of the molecule is C/C=C/CCCCNC(=O)CCCCC(=O)NCCCC/C=C/C. The van der Waals surface area contributed by atoms with E-state index >= 15 is 0 Å². The van der Waals surface area contributed by atoms with Crippen LogP contribution < -0.4 is 10.6 Å². The van der Waals surface area contributed by atoms with Crippen molar-refractivity contribution in [2.45, 2.75) is 78.1 Å². The molecule has 0 radical (unpaired) electrons. The van der Waals surface area contributed by atoms with Gasteiger partial charge in [0, 0.05) is 25.9 Å². The lowest BCUT2D eigenvalue weighted by atomic mass is 10.1. The Balaban J connectivity index is 3.37. The zero-order valence-electron chi connectivity index (χ0n) is 15.6. The molecule has 0 aromatic heterocycles. The van der Waals surface area contributed by atoms with E-state index in [-0.39, 0.29) is 11.8 Å². The van der Waals surface area contributed by atoms with Crippen LogP contribution in [0, 0.1) is 0 Å². The van der Waals surface area contributed by atoms with Gasteiger partial charge in [0.1, 0.15) is 0 Å². The highest BCUT2D eigenvalue weighted by Crippen LogP contribution is 2.01. The second-order valence-electron chi connectivity index (χ2n) is 6.04. The van der Waals surface area contributed by atoms with E-state index in [1.165, 1.54) is 0 Å². The van der Waals surface area contributed by atoms with E-state index in [1.807, 2.05) is 13.8 Å². The summed E-state index contributed by atoms with van der Waals surface area (Å²) >= 11 is 0.